The number of hydrogen-bond acceptors (Lipinski definition) is 3. The van der Waals surface area contributed by atoms with E-state index >= 15 is 0 Å². The largest absolute Gasteiger partial charge is 0.425 e. The summed E-state index contributed by atoms with van der Waals surface area (Å²) in [6, 6.07) is 5.47. The lowest BCUT2D eigenvalue weighted by molar-refractivity contribution is -0.139. The van der Waals surface area contributed by atoms with E-state index in [0.29, 0.717) is 17.2 Å². The van der Waals surface area contributed by atoms with Gasteiger partial charge in [0.15, 0.2) is 5.78 Å². The predicted molar refractivity (Wildman–Crippen MR) is 68.8 cm³/mol. The quantitative estimate of drug-likeness (QED) is 0.457. The highest BCUT2D eigenvalue weighted by atomic mass is 16.5. The third-order valence-corrected chi connectivity index (χ3v) is 3.35. The van der Waals surface area contributed by atoms with E-state index in [1.165, 1.54) is 0 Å². The van der Waals surface area contributed by atoms with Crippen molar-refractivity contribution in [1.82, 2.24) is 0 Å². The summed E-state index contributed by atoms with van der Waals surface area (Å²) in [5.41, 5.74) is 1.63. The van der Waals surface area contributed by atoms with Crippen molar-refractivity contribution < 1.29 is 14.3 Å². The molecule has 1 atom stereocenters. The Morgan fingerprint density at radius 2 is 1.78 bits per heavy atom. The molecule has 1 aromatic rings. The Labute approximate surface area is 107 Å². The van der Waals surface area contributed by atoms with E-state index in [0.717, 1.165) is 5.56 Å². The van der Waals surface area contributed by atoms with Gasteiger partial charge < -0.3 is 4.74 Å². The van der Waals surface area contributed by atoms with E-state index in [-0.39, 0.29) is 11.7 Å². The second kappa shape index (κ2) is 4.56. The molecule has 0 N–H and O–H groups in total. The Kier molecular flexibility index (Phi) is 3.24. The van der Waals surface area contributed by atoms with Crippen molar-refractivity contribution in [3.63, 3.8) is 0 Å². The Bertz CT molecular complexity index is 500. The first kappa shape index (κ1) is 12.8. The van der Waals surface area contributed by atoms with Crippen molar-refractivity contribution in [2.24, 2.45) is 11.8 Å². The molecule has 1 unspecified atom stereocenters. The molecule has 0 radical (unpaired) electrons. The van der Waals surface area contributed by atoms with Gasteiger partial charge in [0.2, 0.25) is 0 Å². The summed E-state index contributed by atoms with van der Waals surface area (Å²) in [6.45, 7) is 7.87. The first-order valence-electron chi connectivity index (χ1n) is 6.31. The zero-order valence-electron chi connectivity index (χ0n) is 11.2. The number of carbonyl (C=O) groups is 2. The van der Waals surface area contributed by atoms with Gasteiger partial charge in [-0.25, -0.2) is 0 Å². The van der Waals surface area contributed by atoms with Gasteiger partial charge in [-0.1, -0.05) is 33.8 Å². The molecule has 0 bridgehead atoms. The minimum Gasteiger partial charge on any atom is -0.425 e. The lowest BCUT2D eigenvalue weighted by Crippen LogP contribution is -2.36. The third-order valence-electron chi connectivity index (χ3n) is 3.35. The molecule has 1 heterocycles. The van der Waals surface area contributed by atoms with Crippen LogP contribution in [0.1, 0.15) is 49.5 Å². The van der Waals surface area contributed by atoms with Crippen LogP contribution in [0.2, 0.25) is 0 Å². The molecule has 3 nitrogen and oxygen atoms in total. The SMILES string of the molecule is CC(C)c1ccc2c(c1)C(=O)C(C(C)C)C(=O)O2. The highest BCUT2D eigenvalue weighted by Crippen LogP contribution is 2.33. The van der Waals surface area contributed by atoms with Crippen LogP contribution in [-0.2, 0) is 4.79 Å². The molecule has 1 aliphatic rings. The molecule has 0 aliphatic carbocycles. The van der Waals surface area contributed by atoms with E-state index in [9.17, 15) is 9.59 Å². The lowest BCUT2D eigenvalue weighted by atomic mass is 9.85. The van der Waals surface area contributed by atoms with Crippen molar-refractivity contribution in [2.45, 2.75) is 33.6 Å². The summed E-state index contributed by atoms with van der Waals surface area (Å²) in [5.74, 6) is -0.510. The first-order valence-corrected chi connectivity index (χ1v) is 6.31. The second-order valence-electron chi connectivity index (χ2n) is 5.42. The molecule has 0 amide bonds. The van der Waals surface area contributed by atoms with Gasteiger partial charge in [-0.05, 0) is 29.5 Å². The average molecular weight is 246 g/mol. The number of Topliss-reactive ketones (excluding diaryl/α,β-unsaturated/α-hetero) is 1. The van der Waals surface area contributed by atoms with Crippen LogP contribution in [0.3, 0.4) is 0 Å². The lowest BCUT2D eigenvalue weighted by Gasteiger charge is -2.25. The number of ketones is 1. The number of carbonyl (C=O) groups excluding carboxylic acids is 2. The maximum absolute atomic E-state index is 12.3. The summed E-state index contributed by atoms with van der Waals surface area (Å²) in [5, 5.41) is 0. The van der Waals surface area contributed by atoms with Crippen molar-refractivity contribution in [1.29, 1.82) is 0 Å². The Morgan fingerprint density at radius 1 is 1.11 bits per heavy atom. The molecule has 0 saturated heterocycles. The van der Waals surface area contributed by atoms with Crippen LogP contribution in [0, 0.1) is 11.8 Å². The van der Waals surface area contributed by atoms with Gasteiger partial charge in [0.1, 0.15) is 11.7 Å². The number of fused-ring (bicyclic) bond motifs is 1. The fourth-order valence-corrected chi connectivity index (χ4v) is 2.21. The molecule has 2 rings (SSSR count). The highest BCUT2D eigenvalue weighted by molar-refractivity contribution is 6.13. The summed E-state index contributed by atoms with van der Waals surface area (Å²) < 4.78 is 5.25. The normalized spacial score (nSPS) is 19.1. The summed E-state index contributed by atoms with van der Waals surface area (Å²) in [7, 11) is 0. The number of esters is 1. The monoisotopic (exact) mass is 246 g/mol. The van der Waals surface area contributed by atoms with Crippen molar-refractivity contribution >= 4 is 11.8 Å². The van der Waals surface area contributed by atoms with E-state index < -0.39 is 11.9 Å². The standard InChI is InChI=1S/C15H18O3/c1-8(2)10-5-6-12-11(7-10)14(16)13(9(3)4)15(17)18-12/h5-9,13H,1-4H3. The minimum atomic E-state index is -0.667. The predicted octanol–water partition coefficient (Wildman–Crippen LogP) is 3.18. The van der Waals surface area contributed by atoms with Crippen molar-refractivity contribution in [2.75, 3.05) is 0 Å². The van der Waals surface area contributed by atoms with Gasteiger partial charge in [-0.15, -0.1) is 0 Å². The van der Waals surface area contributed by atoms with Gasteiger partial charge in [0.25, 0.3) is 0 Å². The summed E-state index contributed by atoms with van der Waals surface area (Å²) in [4.78, 5) is 24.1. The van der Waals surface area contributed by atoms with Gasteiger partial charge in [0, 0.05) is 0 Å². The van der Waals surface area contributed by atoms with Crippen LogP contribution in [0.15, 0.2) is 18.2 Å². The topological polar surface area (TPSA) is 43.4 Å². The fraction of sp³-hybridized carbons (Fsp3) is 0.467. The molecule has 0 fully saturated rings. The second-order valence-corrected chi connectivity index (χ2v) is 5.42. The Morgan fingerprint density at radius 3 is 2.33 bits per heavy atom. The molecule has 1 aliphatic heterocycles. The van der Waals surface area contributed by atoms with Crippen molar-refractivity contribution in [3.05, 3.63) is 29.3 Å². The van der Waals surface area contributed by atoms with Crippen LogP contribution in [0.5, 0.6) is 5.75 Å². The summed E-state index contributed by atoms with van der Waals surface area (Å²) in [6.07, 6.45) is 0. The molecule has 18 heavy (non-hydrogen) atoms. The number of rotatable bonds is 2. The number of benzene rings is 1. The first-order chi connectivity index (χ1) is 8.41. The third kappa shape index (κ3) is 2.05. The van der Waals surface area contributed by atoms with Gasteiger partial charge in [-0.3, -0.25) is 9.59 Å². The molecule has 0 spiro atoms. The van der Waals surface area contributed by atoms with Crippen LogP contribution in [-0.4, -0.2) is 11.8 Å². The molecular formula is C15H18O3. The zero-order chi connectivity index (χ0) is 13.4. The van der Waals surface area contributed by atoms with E-state index in [2.05, 4.69) is 13.8 Å². The maximum atomic E-state index is 12.3. The van der Waals surface area contributed by atoms with Crippen LogP contribution in [0.4, 0.5) is 0 Å². The molecular weight excluding hydrogens is 228 g/mol. The molecule has 96 valence electrons. The molecule has 1 aromatic carbocycles. The number of ether oxygens (including phenoxy) is 1. The Hall–Kier alpha value is -1.64. The Balaban J connectivity index is 2.48. The smallest absolute Gasteiger partial charge is 0.322 e. The van der Waals surface area contributed by atoms with Crippen molar-refractivity contribution in [3.8, 4) is 5.75 Å². The highest BCUT2D eigenvalue weighted by Gasteiger charge is 2.38. The number of hydrogen-bond donors (Lipinski definition) is 0. The fourth-order valence-electron chi connectivity index (χ4n) is 2.21. The average Bonchev–Trinajstić information content (AvgIpc) is 2.27. The zero-order valence-corrected chi connectivity index (χ0v) is 11.2. The van der Waals surface area contributed by atoms with Gasteiger partial charge in [0.05, 0.1) is 5.56 Å². The maximum Gasteiger partial charge on any atom is 0.322 e. The molecule has 3 heteroatoms. The van der Waals surface area contributed by atoms with E-state index in [4.69, 9.17) is 4.74 Å². The van der Waals surface area contributed by atoms with E-state index in [1.54, 1.807) is 6.07 Å². The van der Waals surface area contributed by atoms with Crippen LogP contribution >= 0.6 is 0 Å². The van der Waals surface area contributed by atoms with Crippen LogP contribution in [0.25, 0.3) is 0 Å². The van der Waals surface area contributed by atoms with Gasteiger partial charge >= 0.3 is 5.97 Å². The molecule has 0 saturated carbocycles. The van der Waals surface area contributed by atoms with Crippen LogP contribution < -0.4 is 4.74 Å². The summed E-state index contributed by atoms with van der Waals surface area (Å²) >= 11 is 0. The van der Waals surface area contributed by atoms with E-state index in [1.807, 2.05) is 26.0 Å². The molecule has 0 aromatic heterocycles. The van der Waals surface area contributed by atoms with Gasteiger partial charge in [-0.2, -0.15) is 0 Å². The minimum absolute atomic E-state index is 0.0409.